The van der Waals surface area contributed by atoms with Gasteiger partial charge in [-0.25, -0.2) is 4.79 Å². The lowest BCUT2D eigenvalue weighted by atomic mass is 10.0. The first-order valence-electron chi connectivity index (χ1n) is 9.90. The first-order valence-corrected chi connectivity index (χ1v) is 9.90. The summed E-state index contributed by atoms with van der Waals surface area (Å²) in [6, 6.07) is 18.1. The van der Waals surface area contributed by atoms with Gasteiger partial charge in [0.15, 0.2) is 0 Å². The summed E-state index contributed by atoms with van der Waals surface area (Å²) in [4.78, 5) is 28.3. The second-order valence-electron chi connectivity index (χ2n) is 7.06. The number of nitrogens with two attached hydrogens (primary N) is 1. The summed E-state index contributed by atoms with van der Waals surface area (Å²) in [5.41, 5.74) is 6.17. The van der Waals surface area contributed by atoms with Gasteiger partial charge in [0.1, 0.15) is 12.4 Å². The molecule has 1 aliphatic rings. The molecule has 0 aromatic heterocycles. The predicted molar refractivity (Wildman–Crippen MR) is 111 cm³/mol. The van der Waals surface area contributed by atoms with Crippen molar-refractivity contribution >= 4 is 11.9 Å². The van der Waals surface area contributed by atoms with Gasteiger partial charge < -0.3 is 20.7 Å². The Labute approximate surface area is 171 Å². The van der Waals surface area contributed by atoms with Gasteiger partial charge in [0.25, 0.3) is 0 Å². The van der Waals surface area contributed by atoms with Crippen molar-refractivity contribution in [3.63, 3.8) is 0 Å². The molecule has 3 amide bonds. The molecule has 7 heteroatoms. The van der Waals surface area contributed by atoms with Crippen LogP contribution in [0.5, 0.6) is 5.75 Å². The minimum atomic E-state index is -0.630. The molecule has 0 aliphatic carbocycles. The van der Waals surface area contributed by atoms with Crippen LogP contribution in [0.2, 0.25) is 0 Å². The second kappa shape index (κ2) is 10.5. The fourth-order valence-corrected chi connectivity index (χ4v) is 3.44. The fraction of sp³-hybridized carbons (Fsp3) is 0.364. The Hall–Kier alpha value is -3.06. The highest BCUT2D eigenvalue weighted by Gasteiger charge is 2.24. The zero-order chi connectivity index (χ0) is 20.5. The van der Waals surface area contributed by atoms with Gasteiger partial charge in [0.05, 0.1) is 12.5 Å². The number of rotatable bonds is 8. The summed E-state index contributed by atoms with van der Waals surface area (Å²) in [7, 11) is 0. The van der Waals surface area contributed by atoms with E-state index in [9.17, 15) is 9.59 Å². The quantitative estimate of drug-likeness (QED) is 0.715. The van der Waals surface area contributed by atoms with Crippen LogP contribution < -0.4 is 15.8 Å². The van der Waals surface area contributed by atoms with Crippen LogP contribution in [-0.4, -0.2) is 61.1 Å². The highest BCUT2D eigenvalue weighted by atomic mass is 16.5. The van der Waals surface area contributed by atoms with Gasteiger partial charge in [0, 0.05) is 32.7 Å². The molecule has 0 spiro atoms. The highest BCUT2D eigenvalue weighted by Crippen LogP contribution is 2.18. The van der Waals surface area contributed by atoms with Gasteiger partial charge >= 0.3 is 6.03 Å². The van der Waals surface area contributed by atoms with E-state index >= 15 is 0 Å². The normalized spacial score (nSPS) is 15.5. The summed E-state index contributed by atoms with van der Waals surface area (Å²) >= 11 is 0. The summed E-state index contributed by atoms with van der Waals surface area (Å²) in [5, 5.41) is 2.68. The number of nitrogens with zero attached hydrogens (tertiary/aromatic N) is 2. The topological polar surface area (TPSA) is 87.9 Å². The van der Waals surface area contributed by atoms with Crippen LogP contribution in [0.1, 0.15) is 18.0 Å². The number of ether oxygens (including phenoxy) is 1. The lowest BCUT2D eigenvalue weighted by Gasteiger charge is -2.35. The zero-order valence-corrected chi connectivity index (χ0v) is 16.5. The third-order valence-electron chi connectivity index (χ3n) is 5.04. The number of urea groups is 1. The number of hydrogen-bond donors (Lipinski definition) is 2. The Morgan fingerprint density at radius 1 is 0.966 bits per heavy atom. The van der Waals surface area contributed by atoms with Crippen LogP contribution in [0.3, 0.4) is 0 Å². The van der Waals surface area contributed by atoms with E-state index in [-0.39, 0.29) is 12.3 Å². The number of nitrogens with one attached hydrogen (secondary N) is 1. The molecule has 1 heterocycles. The van der Waals surface area contributed by atoms with Gasteiger partial charge in [-0.2, -0.15) is 0 Å². The van der Waals surface area contributed by atoms with Crippen molar-refractivity contribution in [2.45, 2.75) is 12.5 Å². The van der Waals surface area contributed by atoms with Crippen molar-refractivity contribution in [2.24, 2.45) is 5.73 Å². The molecule has 3 N–H and O–H groups in total. The average Bonchev–Trinajstić information content (AvgIpc) is 2.75. The van der Waals surface area contributed by atoms with Crippen molar-refractivity contribution in [1.82, 2.24) is 15.1 Å². The standard InChI is InChI=1S/C22H28N4O3/c23-22(28)24-20(18-7-3-1-4-8-18)17-21(27)26-13-11-25(12-14-26)15-16-29-19-9-5-2-6-10-19/h1-10,20H,11-17H2,(H3,23,24,28). The summed E-state index contributed by atoms with van der Waals surface area (Å²) in [6.07, 6.45) is 0.198. The third kappa shape index (κ3) is 6.50. The van der Waals surface area contributed by atoms with Crippen LogP contribution >= 0.6 is 0 Å². The molecule has 1 saturated heterocycles. The molecule has 3 rings (SSSR count). The molecule has 154 valence electrons. The molecular formula is C22H28N4O3. The van der Waals surface area contributed by atoms with Crippen LogP contribution in [0.15, 0.2) is 60.7 Å². The molecule has 1 fully saturated rings. The largest absolute Gasteiger partial charge is 0.492 e. The highest BCUT2D eigenvalue weighted by molar-refractivity contribution is 5.79. The Balaban J connectivity index is 1.44. The molecular weight excluding hydrogens is 368 g/mol. The molecule has 1 aliphatic heterocycles. The minimum absolute atomic E-state index is 0.0211. The van der Waals surface area contributed by atoms with Gasteiger partial charge in [-0.05, 0) is 17.7 Å². The zero-order valence-electron chi connectivity index (χ0n) is 16.5. The fourth-order valence-electron chi connectivity index (χ4n) is 3.44. The first kappa shape index (κ1) is 20.7. The van der Waals surface area contributed by atoms with Crippen molar-refractivity contribution in [3.8, 4) is 5.75 Å². The van der Waals surface area contributed by atoms with Gasteiger partial charge in [-0.3, -0.25) is 9.69 Å². The second-order valence-corrected chi connectivity index (χ2v) is 7.06. The molecule has 2 aromatic carbocycles. The Morgan fingerprint density at radius 2 is 1.59 bits per heavy atom. The molecule has 1 unspecified atom stereocenters. The van der Waals surface area contributed by atoms with Crippen molar-refractivity contribution in [1.29, 1.82) is 0 Å². The van der Waals surface area contributed by atoms with Crippen molar-refractivity contribution in [3.05, 3.63) is 66.2 Å². The SMILES string of the molecule is NC(=O)NC(CC(=O)N1CCN(CCOc2ccccc2)CC1)c1ccccc1. The molecule has 0 radical (unpaired) electrons. The monoisotopic (exact) mass is 396 g/mol. The molecule has 29 heavy (non-hydrogen) atoms. The predicted octanol–water partition coefficient (Wildman–Crippen LogP) is 2.01. The van der Waals surface area contributed by atoms with E-state index in [0.29, 0.717) is 19.7 Å². The molecule has 0 bridgehead atoms. The maximum Gasteiger partial charge on any atom is 0.312 e. The van der Waals surface area contributed by atoms with Crippen molar-refractivity contribution < 1.29 is 14.3 Å². The third-order valence-corrected chi connectivity index (χ3v) is 5.04. The van der Waals surface area contributed by atoms with E-state index in [2.05, 4.69) is 10.2 Å². The Morgan fingerprint density at radius 3 is 2.21 bits per heavy atom. The van der Waals surface area contributed by atoms with Gasteiger partial charge in [-0.1, -0.05) is 48.5 Å². The summed E-state index contributed by atoms with van der Waals surface area (Å²) in [6.45, 7) is 4.40. The number of piperazine rings is 1. The minimum Gasteiger partial charge on any atom is -0.492 e. The van der Waals surface area contributed by atoms with Gasteiger partial charge in [0.2, 0.25) is 5.91 Å². The average molecular weight is 396 g/mol. The van der Waals surface area contributed by atoms with E-state index in [1.165, 1.54) is 0 Å². The maximum atomic E-state index is 12.8. The van der Waals surface area contributed by atoms with E-state index in [1.807, 2.05) is 65.6 Å². The van der Waals surface area contributed by atoms with Crippen LogP contribution in [-0.2, 0) is 4.79 Å². The maximum absolute atomic E-state index is 12.8. The number of carbonyl (C=O) groups is 2. The number of benzene rings is 2. The van der Waals surface area contributed by atoms with Gasteiger partial charge in [-0.15, -0.1) is 0 Å². The first-order chi connectivity index (χ1) is 14.1. The molecule has 2 aromatic rings. The lowest BCUT2D eigenvalue weighted by molar-refractivity contribution is -0.133. The molecule has 0 saturated carbocycles. The van der Waals surface area contributed by atoms with E-state index < -0.39 is 12.1 Å². The molecule has 1 atom stereocenters. The lowest BCUT2D eigenvalue weighted by Crippen LogP contribution is -2.50. The van der Waals surface area contributed by atoms with Crippen LogP contribution in [0.4, 0.5) is 4.79 Å². The number of amides is 3. The number of primary amides is 1. The number of hydrogen-bond acceptors (Lipinski definition) is 4. The summed E-state index contributed by atoms with van der Waals surface area (Å²) in [5.74, 6) is 0.892. The Bertz CT molecular complexity index is 777. The van der Waals surface area contributed by atoms with Crippen molar-refractivity contribution in [2.75, 3.05) is 39.3 Å². The Kier molecular flexibility index (Phi) is 7.47. The van der Waals surface area contributed by atoms with E-state index in [4.69, 9.17) is 10.5 Å². The number of para-hydroxylation sites is 1. The van der Waals surface area contributed by atoms with Crippen LogP contribution in [0, 0.1) is 0 Å². The molecule has 7 nitrogen and oxygen atoms in total. The van der Waals surface area contributed by atoms with Crippen LogP contribution in [0.25, 0.3) is 0 Å². The smallest absolute Gasteiger partial charge is 0.312 e. The number of carbonyl (C=O) groups excluding carboxylic acids is 2. The van der Waals surface area contributed by atoms with E-state index in [1.54, 1.807) is 0 Å². The summed E-state index contributed by atoms with van der Waals surface area (Å²) < 4.78 is 5.75. The van der Waals surface area contributed by atoms with E-state index in [0.717, 1.165) is 30.9 Å².